The fourth-order valence-corrected chi connectivity index (χ4v) is 5.12. The number of hydrogen-bond acceptors (Lipinski definition) is 11. The Balaban J connectivity index is 1.70. The molecule has 0 spiro atoms. The zero-order valence-corrected chi connectivity index (χ0v) is 22.3. The first-order chi connectivity index (χ1) is 17.7. The first-order valence-corrected chi connectivity index (χ1v) is 13.3. The molecule has 0 aromatic carbocycles. The molecule has 1 aliphatic heterocycles. The predicted molar refractivity (Wildman–Crippen MR) is 134 cm³/mol. The lowest BCUT2D eigenvalue weighted by Crippen LogP contribution is -2.37. The van der Waals surface area contributed by atoms with E-state index in [0.29, 0.717) is 42.2 Å². The van der Waals surface area contributed by atoms with E-state index in [1.165, 1.54) is 33.5 Å². The average molecular weight is 554 g/mol. The highest BCUT2D eigenvalue weighted by Gasteiger charge is 2.36. The molecule has 4 heterocycles. The fourth-order valence-electron chi connectivity index (χ4n) is 3.88. The van der Waals surface area contributed by atoms with Crippen molar-refractivity contribution in [3.8, 4) is 17.4 Å². The molecule has 15 heteroatoms. The third kappa shape index (κ3) is 5.99. The summed E-state index contributed by atoms with van der Waals surface area (Å²) < 4.78 is 53.3. The van der Waals surface area contributed by atoms with Gasteiger partial charge in [-0.15, -0.1) is 10.2 Å². The Hall–Kier alpha value is -2.91. The monoisotopic (exact) mass is 553 g/mol. The lowest BCUT2D eigenvalue weighted by molar-refractivity contribution is -0.104. The number of sulfonamides is 1. The Morgan fingerprint density at radius 3 is 2.57 bits per heavy atom. The number of ether oxygens (including phenoxy) is 4. The van der Waals surface area contributed by atoms with Gasteiger partial charge in [0.25, 0.3) is 0 Å². The Morgan fingerprint density at radius 2 is 1.92 bits per heavy atom. The Bertz CT molecular complexity index is 1300. The van der Waals surface area contributed by atoms with E-state index < -0.39 is 27.4 Å². The highest BCUT2D eigenvalue weighted by molar-refractivity contribution is 7.93. The molecule has 200 valence electrons. The number of anilines is 1. The van der Waals surface area contributed by atoms with Gasteiger partial charge in [0.15, 0.2) is 11.6 Å². The zero-order chi connectivity index (χ0) is 26.6. The largest absolute Gasteiger partial charge is 0.481 e. The number of nitrogens with zero attached hydrogens (tertiary/aromatic N) is 6. The van der Waals surface area contributed by atoms with Gasteiger partial charge in [-0.1, -0.05) is 17.7 Å². The van der Waals surface area contributed by atoms with E-state index in [2.05, 4.69) is 29.9 Å². The van der Waals surface area contributed by atoms with Crippen molar-refractivity contribution in [2.24, 2.45) is 0 Å². The van der Waals surface area contributed by atoms with Gasteiger partial charge in [0.1, 0.15) is 23.2 Å². The maximum atomic E-state index is 13.5. The molecule has 0 radical (unpaired) electrons. The van der Waals surface area contributed by atoms with E-state index in [-0.39, 0.29) is 17.9 Å². The summed E-state index contributed by atoms with van der Waals surface area (Å²) in [6.07, 6.45) is 1.41. The molecule has 1 N–H and O–H groups in total. The molecule has 1 saturated heterocycles. The fraction of sp³-hybridized carbons (Fsp3) is 0.500. The van der Waals surface area contributed by atoms with Crippen LogP contribution in [0.15, 0.2) is 30.6 Å². The molecule has 0 amide bonds. The number of rotatable bonds is 10. The summed E-state index contributed by atoms with van der Waals surface area (Å²) in [6, 6.07) is 4.77. The number of hydrogen-bond donors (Lipinski definition) is 1. The molecule has 37 heavy (non-hydrogen) atoms. The lowest BCUT2D eigenvalue weighted by Gasteiger charge is -2.30. The van der Waals surface area contributed by atoms with Crippen LogP contribution in [0.3, 0.4) is 0 Å². The van der Waals surface area contributed by atoms with Gasteiger partial charge in [-0.25, -0.2) is 23.4 Å². The van der Waals surface area contributed by atoms with Crippen molar-refractivity contribution in [3.63, 3.8) is 0 Å². The second kappa shape index (κ2) is 11.6. The zero-order valence-electron chi connectivity index (χ0n) is 20.7. The summed E-state index contributed by atoms with van der Waals surface area (Å²) >= 11 is 5.87. The molecule has 1 fully saturated rings. The molecule has 13 nitrogen and oxygen atoms in total. The van der Waals surface area contributed by atoms with Gasteiger partial charge < -0.3 is 18.9 Å². The van der Waals surface area contributed by atoms with Crippen molar-refractivity contribution in [1.29, 1.82) is 0 Å². The van der Waals surface area contributed by atoms with E-state index in [4.69, 9.17) is 30.5 Å². The van der Waals surface area contributed by atoms with Crippen LogP contribution in [0.1, 0.15) is 31.8 Å². The van der Waals surface area contributed by atoms with Crippen LogP contribution in [-0.2, 0) is 24.2 Å². The van der Waals surface area contributed by atoms with Crippen molar-refractivity contribution in [2.45, 2.75) is 37.3 Å². The minimum absolute atomic E-state index is 0.0139. The maximum absolute atomic E-state index is 13.5. The molecule has 3 aromatic rings. The van der Waals surface area contributed by atoms with Crippen molar-refractivity contribution >= 4 is 27.6 Å². The van der Waals surface area contributed by atoms with Crippen LogP contribution in [0.2, 0.25) is 5.02 Å². The molecule has 0 aliphatic carbocycles. The Labute approximate surface area is 219 Å². The Morgan fingerprint density at radius 1 is 1.16 bits per heavy atom. The van der Waals surface area contributed by atoms with Gasteiger partial charge in [0.2, 0.25) is 21.9 Å². The number of aromatic nitrogens is 6. The number of halogens is 1. The van der Waals surface area contributed by atoms with Crippen LogP contribution in [0, 0.1) is 0 Å². The second-order valence-electron chi connectivity index (χ2n) is 8.28. The van der Waals surface area contributed by atoms with Gasteiger partial charge >= 0.3 is 0 Å². The second-order valence-corrected chi connectivity index (χ2v) is 10.7. The van der Waals surface area contributed by atoms with Crippen LogP contribution in [-0.4, -0.2) is 83.5 Å². The molecule has 3 aromatic heterocycles. The summed E-state index contributed by atoms with van der Waals surface area (Å²) in [4.78, 5) is 12.7. The SMILES string of the molecule is COc1cccc(-c2nnc(NS(=O)(=O)[C@@H](C)[C@H](OC)c3ncc(Cl)cn3)n2[C@H](C)[C@H]2COCCO2)n1. The topological polar surface area (TPSA) is 152 Å². The molecular weight excluding hydrogens is 526 g/mol. The first kappa shape index (κ1) is 27.1. The highest BCUT2D eigenvalue weighted by Crippen LogP contribution is 2.31. The van der Waals surface area contributed by atoms with Crippen molar-refractivity contribution in [2.75, 3.05) is 38.8 Å². The predicted octanol–water partition coefficient (Wildman–Crippen LogP) is 2.29. The molecule has 0 bridgehead atoms. The van der Waals surface area contributed by atoms with E-state index >= 15 is 0 Å². The summed E-state index contributed by atoms with van der Waals surface area (Å²) in [5.74, 6) is 0.863. The average Bonchev–Trinajstić information content (AvgIpc) is 3.32. The van der Waals surface area contributed by atoms with Crippen molar-refractivity contribution < 1.29 is 27.4 Å². The third-order valence-electron chi connectivity index (χ3n) is 5.94. The standard InChI is InChI=1S/C22H28ClN7O6S/c1-13(17-12-35-8-9-36-17)30-21(16-6-5-7-18(26-16)33-3)27-28-22(30)29-37(31,32)14(2)19(34-4)20-24-10-15(23)11-25-20/h5-7,10-11,13-14,17,19H,8-9,12H2,1-4H3,(H,28,29)/t13-,14+,17-,19+/m1/s1. The van der Waals surface area contributed by atoms with Crippen LogP contribution < -0.4 is 9.46 Å². The van der Waals surface area contributed by atoms with Crippen LogP contribution in [0.4, 0.5) is 5.95 Å². The van der Waals surface area contributed by atoms with Crippen LogP contribution in [0.25, 0.3) is 11.5 Å². The molecule has 0 unspecified atom stereocenters. The normalized spacial score (nSPS) is 18.7. The molecular formula is C22H28ClN7O6S. The summed E-state index contributed by atoms with van der Waals surface area (Å²) in [6.45, 7) is 4.58. The highest BCUT2D eigenvalue weighted by atomic mass is 35.5. The van der Waals surface area contributed by atoms with E-state index in [9.17, 15) is 8.42 Å². The Kier molecular flexibility index (Phi) is 8.54. The van der Waals surface area contributed by atoms with Gasteiger partial charge in [0, 0.05) is 25.6 Å². The van der Waals surface area contributed by atoms with Crippen LogP contribution >= 0.6 is 11.6 Å². The summed E-state index contributed by atoms with van der Waals surface area (Å²) in [5, 5.41) is 7.63. The molecule has 1 aliphatic rings. The third-order valence-corrected chi connectivity index (χ3v) is 7.83. The van der Waals surface area contributed by atoms with E-state index in [0.717, 1.165) is 0 Å². The van der Waals surface area contributed by atoms with E-state index in [1.807, 2.05) is 6.92 Å². The minimum Gasteiger partial charge on any atom is -0.481 e. The van der Waals surface area contributed by atoms with Gasteiger partial charge in [-0.3, -0.25) is 9.29 Å². The van der Waals surface area contributed by atoms with E-state index in [1.54, 1.807) is 22.8 Å². The number of pyridine rings is 1. The van der Waals surface area contributed by atoms with Crippen molar-refractivity contribution in [1.82, 2.24) is 29.7 Å². The smallest absolute Gasteiger partial charge is 0.240 e. The molecule has 4 rings (SSSR count). The molecule has 0 saturated carbocycles. The minimum atomic E-state index is -4.08. The van der Waals surface area contributed by atoms with Gasteiger partial charge in [0.05, 0.1) is 38.0 Å². The number of nitrogens with one attached hydrogen (secondary N) is 1. The lowest BCUT2D eigenvalue weighted by atomic mass is 10.1. The number of methoxy groups -OCH3 is 2. The van der Waals surface area contributed by atoms with Crippen molar-refractivity contribution in [3.05, 3.63) is 41.4 Å². The quantitative estimate of drug-likeness (QED) is 0.393. The van der Waals surface area contributed by atoms with Gasteiger partial charge in [-0.2, -0.15) is 0 Å². The van der Waals surface area contributed by atoms with Crippen LogP contribution in [0.5, 0.6) is 5.88 Å². The maximum Gasteiger partial charge on any atom is 0.240 e. The summed E-state index contributed by atoms with van der Waals surface area (Å²) in [7, 11) is -1.19. The first-order valence-electron chi connectivity index (χ1n) is 11.4. The summed E-state index contributed by atoms with van der Waals surface area (Å²) in [5.41, 5.74) is 0.443. The molecule has 4 atom stereocenters. The van der Waals surface area contributed by atoms with Gasteiger partial charge in [-0.05, 0) is 19.9 Å².